The molecular weight excluding hydrogens is 274 g/mol. The normalized spacial score (nSPS) is 11.4. The Morgan fingerprint density at radius 1 is 1.33 bits per heavy atom. The number of aryl methyl sites for hydroxylation is 2. The summed E-state index contributed by atoms with van der Waals surface area (Å²) in [6.45, 7) is 5.04. The Labute approximate surface area is 124 Å². The minimum Gasteiger partial charge on any atom is -0.480 e. The lowest BCUT2D eigenvalue weighted by atomic mass is 10.0. The molecule has 1 amide bonds. The molecule has 1 rings (SSSR count). The molecule has 118 valence electrons. The van der Waals surface area contributed by atoms with Crippen molar-refractivity contribution in [3.8, 4) is 0 Å². The van der Waals surface area contributed by atoms with Gasteiger partial charge in [-0.3, -0.25) is 4.79 Å². The Hall–Kier alpha value is -1.92. The molecule has 7 nitrogen and oxygen atoms in total. The molecule has 1 heterocycles. The maximum absolute atomic E-state index is 12.0. The van der Waals surface area contributed by atoms with Crippen molar-refractivity contribution in [1.82, 2.24) is 15.0 Å². The predicted octanol–water partition coefficient (Wildman–Crippen LogP) is 1.67. The van der Waals surface area contributed by atoms with E-state index in [-0.39, 0.29) is 12.3 Å². The molecule has 0 atom stereocenters. The molecule has 0 fully saturated rings. The van der Waals surface area contributed by atoms with Crippen molar-refractivity contribution in [2.45, 2.75) is 58.4 Å². The fraction of sp³-hybridized carbons (Fsp3) is 0.714. The van der Waals surface area contributed by atoms with Crippen LogP contribution < -0.4 is 0 Å². The number of hydrogen-bond donors (Lipinski definition) is 1. The van der Waals surface area contributed by atoms with Crippen molar-refractivity contribution < 1.29 is 19.2 Å². The third-order valence-corrected chi connectivity index (χ3v) is 3.50. The third kappa shape index (κ3) is 4.54. The molecule has 0 aromatic carbocycles. The summed E-state index contributed by atoms with van der Waals surface area (Å²) >= 11 is 0. The molecule has 1 N–H and O–H groups in total. The van der Waals surface area contributed by atoms with Gasteiger partial charge in [0.15, 0.2) is 5.82 Å². The topological polar surface area (TPSA) is 96.5 Å². The zero-order valence-electron chi connectivity index (χ0n) is 13.0. The quantitative estimate of drug-likeness (QED) is 0.784. The molecular formula is C14H23N3O4. The Morgan fingerprint density at radius 3 is 2.57 bits per heavy atom. The van der Waals surface area contributed by atoms with E-state index in [0.717, 1.165) is 12.8 Å². The summed E-state index contributed by atoms with van der Waals surface area (Å²) in [5, 5.41) is 12.9. The minimum absolute atomic E-state index is 0.212. The number of carboxylic acids is 1. The van der Waals surface area contributed by atoms with Crippen LogP contribution in [0.2, 0.25) is 0 Å². The average molecular weight is 297 g/mol. The van der Waals surface area contributed by atoms with Crippen LogP contribution in [0.1, 0.15) is 51.7 Å². The number of hydrogen-bond acceptors (Lipinski definition) is 5. The second-order valence-corrected chi connectivity index (χ2v) is 5.52. The van der Waals surface area contributed by atoms with E-state index in [0.29, 0.717) is 24.6 Å². The zero-order chi connectivity index (χ0) is 16.0. The molecule has 21 heavy (non-hydrogen) atoms. The summed E-state index contributed by atoms with van der Waals surface area (Å²) < 4.78 is 5.08. The van der Waals surface area contributed by atoms with Gasteiger partial charge in [0.1, 0.15) is 5.54 Å². The summed E-state index contributed by atoms with van der Waals surface area (Å²) in [5.41, 5.74) is -1.21. The van der Waals surface area contributed by atoms with Crippen molar-refractivity contribution in [3.05, 3.63) is 11.7 Å². The highest BCUT2D eigenvalue weighted by atomic mass is 16.5. The van der Waals surface area contributed by atoms with E-state index in [1.165, 1.54) is 25.8 Å². The Kier molecular flexibility index (Phi) is 5.87. The van der Waals surface area contributed by atoms with Crippen LogP contribution in [0.15, 0.2) is 4.52 Å². The van der Waals surface area contributed by atoms with Gasteiger partial charge in [-0.2, -0.15) is 4.98 Å². The minimum atomic E-state index is -1.21. The first-order chi connectivity index (χ1) is 9.78. The van der Waals surface area contributed by atoms with Gasteiger partial charge >= 0.3 is 5.97 Å². The first-order valence-corrected chi connectivity index (χ1v) is 7.10. The molecule has 0 saturated heterocycles. The van der Waals surface area contributed by atoms with E-state index < -0.39 is 11.5 Å². The highest BCUT2D eigenvalue weighted by Gasteiger charge is 2.34. The van der Waals surface area contributed by atoms with Crippen molar-refractivity contribution >= 4 is 11.9 Å². The monoisotopic (exact) mass is 297 g/mol. The van der Waals surface area contributed by atoms with E-state index in [4.69, 9.17) is 9.63 Å². The van der Waals surface area contributed by atoms with E-state index in [9.17, 15) is 9.59 Å². The lowest BCUT2D eigenvalue weighted by molar-refractivity contribution is -0.155. The van der Waals surface area contributed by atoms with Gasteiger partial charge in [-0.15, -0.1) is 0 Å². The summed E-state index contributed by atoms with van der Waals surface area (Å²) in [6, 6.07) is 0. The van der Waals surface area contributed by atoms with Crippen LogP contribution in [-0.4, -0.2) is 44.6 Å². The summed E-state index contributed by atoms with van der Waals surface area (Å²) in [6.07, 6.45) is 3.04. The number of nitrogens with zero attached hydrogens (tertiary/aromatic N) is 3. The van der Waals surface area contributed by atoms with E-state index in [1.807, 2.05) is 6.92 Å². The molecule has 0 saturated carbocycles. The molecule has 0 aliphatic rings. The molecule has 1 aromatic rings. The molecule has 0 radical (unpaired) electrons. The van der Waals surface area contributed by atoms with Crippen molar-refractivity contribution in [2.24, 2.45) is 0 Å². The van der Waals surface area contributed by atoms with E-state index in [1.54, 1.807) is 0 Å². The number of carbonyl (C=O) groups is 2. The fourth-order valence-corrected chi connectivity index (χ4v) is 1.73. The Balaban J connectivity index is 2.44. The van der Waals surface area contributed by atoms with Crippen LogP contribution >= 0.6 is 0 Å². The average Bonchev–Trinajstić information content (AvgIpc) is 2.85. The highest BCUT2D eigenvalue weighted by Crippen LogP contribution is 2.15. The number of carboxylic acid groups (broad SMARTS) is 1. The number of carbonyl (C=O) groups excluding carboxylic acids is 1. The van der Waals surface area contributed by atoms with Crippen LogP contribution in [0.3, 0.4) is 0 Å². The lowest BCUT2D eigenvalue weighted by Gasteiger charge is -2.31. The second-order valence-electron chi connectivity index (χ2n) is 5.52. The second kappa shape index (κ2) is 7.19. The highest BCUT2D eigenvalue weighted by molar-refractivity contribution is 5.86. The van der Waals surface area contributed by atoms with Gasteiger partial charge in [0, 0.05) is 26.3 Å². The van der Waals surface area contributed by atoms with Crippen LogP contribution in [0.5, 0.6) is 0 Å². The SMILES string of the molecule is CCCc1noc(CCCC(=O)N(C)C(C)(C)C(=O)O)n1. The zero-order valence-corrected chi connectivity index (χ0v) is 13.0. The summed E-state index contributed by atoms with van der Waals surface area (Å²) in [5.74, 6) is -0.0375. The number of aromatic nitrogens is 2. The number of aliphatic carboxylic acids is 1. The fourth-order valence-electron chi connectivity index (χ4n) is 1.73. The molecule has 0 aliphatic carbocycles. The Bertz CT molecular complexity index is 496. The largest absolute Gasteiger partial charge is 0.480 e. The molecule has 1 aromatic heterocycles. The van der Waals surface area contributed by atoms with E-state index in [2.05, 4.69) is 10.1 Å². The van der Waals surface area contributed by atoms with Crippen LogP contribution in [-0.2, 0) is 22.4 Å². The molecule has 7 heteroatoms. The van der Waals surface area contributed by atoms with Gasteiger partial charge in [0.05, 0.1) is 0 Å². The predicted molar refractivity (Wildman–Crippen MR) is 75.7 cm³/mol. The number of amides is 1. The number of likely N-dealkylation sites (N-methyl/N-ethyl adjacent to an activating group) is 1. The molecule has 0 spiro atoms. The summed E-state index contributed by atoms with van der Waals surface area (Å²) in [4.78, 5) is 28.6. The molecule has 0 unspecified atom stereocenters. The van der Waals surface area contributed by atoms with Crippen molar-refractivity contribution in [2.75, 3.05) is 7.05 Å². The van der Waals surface area contributed by atoms with Gasteiger partial charge in [0.25, 0.3) is 0 Å². The molecule has 0 aliphatic heterocycles. The van der Waals surface area contributed by atoms with Gasteiger partial charge in [-0.1, -0.05) is 12.1 Å². The van der Waals surface area contributed by atoms with Crippen LogP contribution in [0.4, 0.5) is 0 Å². The standard InChI is InChI=1S/C14H23N3O4/c1-5-7-10-15-11(21-16-10)8-6-9-12(18)17(4)14(2,3)13(19)20/h5-9H2,1-4H3,(H,19,20). The first-order valence-electron chi connectivity index (χ1n) is 7.10. The van der Waals surface area contributed by atoms with Gasteiger partial charge in [0.2, 0.25) is 11.8 Å². The van der Waals surface area contributed by atoms with Gasteiger partial charge in [-0.25, -0.2) is 4.79 Å². The molecule has 0 bridgehead atoms. The Morgan fingerprint density at radius 2 is 2.00 bits per heavy atom. The first kappa shape index (κ1) is 17.1. The third-order valence-electron chi connectivity index (χ3n) is 3.50. The van der Waals surface area contributed by atoms with Gasteiger partial charge in [-0.05, 0) is 26.7 Å². The lowest BCUT2D eigenvalue weighted by Crippen LogP contribution is -2.50. The van der Waals surface area contributed by atoms with Crippen molar-refractivity contribution in [1.29, 1.82) is 0 Å². The summed E-state index contributed by atoms with van der Waals surface area (Å²) in [7, 11) is 1.50. The maximum atomic E-state index is 12.0. The van der Waals surface area contributed by atoms with Gasteiger partial charge < -0.3 is 14.5 Å². The number of rotatable bonds is 8. The van der Waals surface area contributed by atoms with Crippen LogP contribution in [0, 0.1) is 0 Å². The smallest absolute Gasteiger partial charge is 0.329 e. The van der Waals surface area contributed by atoms with Crippen molar-refractivity contribution in [3.63, 3.8) is 0 Å². The van der Waals surface area contributed by atoms with E-state index >= 15 is 0 Å². The van der Waals surface area contributed by atoms with Crippen LogP contribution in [0.25, 0.3) is 0 Å². The maximum Gasteiger partial charge on any atom is 0.329 e.